The van der Waals surface area contributed by atoms with Crippen molar-refractivity contribution in [2.45, 2.75) is 33.7 Å². The van der Waals surface area contributed by atoms with Crippen LogP contribution in [0.3, 0.4) is 0 Å². The molecule has 0 spiro atoms. The molecule has 0 saturated heterocycles. The normalized spacial score (nSPS) is 13.2. The minimum atomic E-state index is 0.371. The molecular weight excluding hydrogens is 268 g/mol. The van der Waals surface area contributed by atoms with Gasteiger partial charge in [-0.05, 0) is 40.9 Å². The Labute approximate surface area is 128 Å². The van der Waals surface area contributed by atoms with Crippen molar-refractivity contribution >= 4 is 16.5 Å². The van der Waals surface area contributed by atoms with Crippen LogP contribution in [0.4, 0.5) is 5.13 Å². The van der Waals surface area contributed by atoms with Crippen LogP contribution in [0.25, 0.3) is 0 Å². The maximum absolute atomic E-state index is 4.80. The second-order valence-electron chi connectivity index (χ2n) is 6.10. The summed E-state index contributed by atoms with van der Waals surface area (Å²) >= 11 is 1.83. The van der Waals surface area contributed by atoms with Crippen LogP contribution in [0.5, 0.6) is 0 Å². The van der Waals surface area contributed by atoms with Crippen molar-refractivity contribution in [1.29, 1.82) is 0 Å². The summed E-state index contributed by atoms with van der Waals surface area (Å²) in [6, 6.07) is 0.371. The zero-order valence-electron chi connectivity index (χ0n) is 14.0. The van der Waals surface area contributed by atoms with Gasteiger partial charge in [0.15, 0.2) is 5.13 Å². The molecular formula is C15H30N4S. The molecule has 1 rings (SSSR count). The molecule has 1 aromatic heterocycles. The number of rotatable bonds is 8. The van der Waals surface area contributed by atoms with Gasteiger partial charge in [0.1, 0.15) is 0 Å². The predicted molar refractivity (Wildman–Crippen MR) is 89.9 cm³/mol. The van der Waals surface area contributed by atoms with E-state index in [4.69, 9.17) is 4.98 Å². The standard InChI is InChI=1S/C15H30N4S/c1-11(2)10-19(9-8-18(6)7)15-17-13(4)14(20-15)12(3)16-5/h11-12,16H,8-10H2,1-7H3. The number of hydrogen-bond acceptors (Lipinski definition) is 5. The highest BCUT2D eigenvalue weighted by Gasteiger charge is 2.18. The molecule has 1 unspecified atom stereocenters. The minimum Gasteiger partial charge on any atom is -0.347 e. The first-order valence-electron chi connectivity index (χ1n) is 7.39. The number of anilines is 1. The number of hydrogen-bond donors (Lipinski definition) is 1. The maximum Gasteiger partial charge on any atom is 0.185 e. The summed E-state index contributed by atoms with van der Waals surface area (Å²) in [7, 11) is 6.24. The molecule has 4 nitrogen and oxygen atoms in total. The van der Waals surface area contributed by atoms with Crippen LogP contribution in [-0.4, -0.2) is 50.7 Å². The fraction of sp³-hybridized carbons (Fsp3) is 0.800. The molecule has 0 fully saturated rings. The lowest BCUT2D eigenvalue weighted by Gasteiger charge is -2.25. The van der Waals surface area contributed by atoms with E-state index < -0.39 is 0 Å². The van der Waals surface area contributed by atoms with Crippen LogP contribution in [0.1, 0.15) is 37.4 Å². The first-order valence-corrected chi connectivity index (χ1v) is 8.21. The lowest BCUT2D eigenvalue weighted by molar-refractivity contribution is 0.409. The first kappa shape index (κ1) is 17.4. The van der Waals surface area contributed by atoms with E-state index in [0.717, 1.165) is 30.5 Å². The molecule has 0 saturated carbocycles. The van der Waals surface area contributed by atoms with Crippen molar-refractivity contribution in [2.24, 2.45) is 5.92 Å². The second kappa shape index (κ2) is 7.96. The molecule has 1 aromatic rings. The molecule has 1 atom stereocenters. The van der Waals surface area contributed by atoms with Gasteiger partial charge in [-0.2, -0.15) is 0 Å². The van der Waals surface area contributed by atoms with Crippen LogP contribution in [0, 0.1) is 12.8 Å². The number of aromatic nitrogens is 1. The third-order valence-corrected chi connectivity index (χ3v) is 4.72. The molecule has 1 heterocycles. The van der Waals surface area contributed by atoms with Crippen LogP contribution in [0.15, 0.2) is 0 Å². The number of nitrogens with one attached hydrogen (secondary N) is 1. The summed E-state index contributed by atoms with van der Waals surface area (Å²) in [5, 5.41) is 4.47. The fourth-order valence-corrected chi connectivity index (χ4v) is 3.25. The van der Waals surface area contributed by atoms with Gasteiger partial charge in [-0.25, -0.2) is 4.98 Å². The summed E-state index contributed by atoms with van der Waals surface area (Å²) in [6.45, 7) is 12.0. The van der Waals surface area contributed by atoms with Gasteiger partial charge in [-0.15, -0.1) is 11.3 Å². The van der Waals surface area contributed by atoms with E-state index in [0.29, 0.717) is 12.0 Å². The molecule has 0 aromatic carbocycles. The van der Waals surface area contributed by atoms with Gasteiger partial charge in [0.05, 0.1) is 5.69 Å². The van der Waals surface area contributed by atoms with Crippen molar-refractivity contribution in [3.8, 4) is 0 Å². The van der Waals surface area contributed by atoms with Gasteiger partial charge in [0, 0.05) is 30.6 Å². The van der Waals surface area contributed by atoms with Gasteiger partial charge < -0.3 is 15.1 Å². The van der Waals surface area contributed by atoms with Gasteiger partial charge in [-0.1, -0.05) is 13.8 Å². The number of thiazole rings is 1. The predicted octanol–water partition coefficient (Wildman–Crippen LogP) is 2.76. The van der Waals surface area contributed by atoms with Gasteiger partial charge >= 0.3 is 0 Å². The Morgan fingerprint density at radius 2 is 1.85 bits per heavy atom. The monoisotopic (exact) mass is 298 g/mol. The van der Waals surface area contributed by atoms with Gasteiger partial charge in [-0.3, -0.25) is 0 Å². The van der Waals surface area contributed by atoms with Crippen molar-refractivity contribution in [3.63, 3.8) is 0 Å². The van der Waals surface area contributed by atoms with Crippen LogP contribution in [-0.2, 0) is 0 Å². The molecule has 0 aliphatic rings. The van der Waals surface area contributed by atoms with E-state index in [2.05, 4.69) is 56.9 Å². The molecule has 0 aliphatic carbocycles. The molecule has 5 heteroatoms. The summed E-state index contributed by atoms with van der Waals surface area (Å²) < 4.78 is 0. The summed E-state index contributed by atoms with van der Waals surface area (Å²) in [4.78, 5) is 10.8. The van der Waals surface area contributed by atoms with Gasteiger partial charge in [0.2, 0.25) is 0 Å². The zero-order chi connectivity index (χ0) is 15.3. The third kappa shape index (κ3) is 5.04. The Morgan fingerprint density at radius 3 is 2.35 bits per heavy atom. The summed E-state index contributed by atoms with van der Waals surface area (Å²) in [5.41, 5.74) is 1.16. The highest BCUT2D eigenvalue weighted by atomic mass is 32.1. The average molecular weight is 298 g/mol. The number of likely N-dealkylation sites (N-methyl/N-ethyl adjacent to an activating group) is 1. The van der Waals surface area contributed by atoms with Crippen LogP contribution >= 0.6 is 11.3 Å². The van der Waals surface area contributed by atoms with Crippen molar-refractivity contribution in [1.82, 2.24) is 15.2 Å². The lowest BCUT2D eigenvalue weighted by atomic mass is 10.2. The largest absolute Gasteiger partial charge is 0.347 e. The summed E-state index contributed by atoms with van der Waals surface area (Å²) in [6.07, 6.45) is 0. The number of nitrogens with zero attached hydrogens (tertiary/aromatic N) is 3. The van der Waals surface area contributed by atoms with Crippen molar-refractivity contribution in [2.75, 3.05) is 45.7 Å². The minimum absolute atomic E-state index is 0.371. The van der Waals surface area contributed by atoms with Crippen LogP contribution < -0.4 is 10.2 Å². The third-order valence-electron chi connectivity index (χ3n) is 3.32. The Morgan fingerprint density at radius 1 is 1.20 bits per heavy atom. The molecule has 0 amide bonds. The molecule has 20 heavy (non-hydrogen) atoms. The first-order chi connectivity index (χ1) is 9.35. The molecule has 0 aliphatic heterocycles. The van der Waals surface area contributed by atoms with E-state index in [1.807, 2.05) is 18.4 Å². The summed E-state index contributed by atoms with van der Waals surface area (Å²) in [5.74, 6) is 0.645. The van der Waals surface area contributed by atoms with Gasteiger partial charge in [0.25, 0.3) is 0 Å². The number of aryl methyl sites for hydroxylation is 1. The van der Waals surface area contributed by atoms with E-state index >= 15 is 0 Å². The Balaban J connectivity index is 2.89. The smallest absolute Gasteiger partial charge is 0.185 e. The molecule has 0 bridgehead atoms. The maximum atomic E-state index is 4.80. The Hall–Kier alpha value is -0.650. The van der Waals surface area contributed by atoms with E-state index in [1.54, 1.807) is 0 Å². The van der Waals surface area contributed by atoms with E-state index in [1.165, 1.54) is 4.88 Å². The quantitative estimate of drug-likeness (QED) is 0.799. The Bertz CT molecular complexity index is 401. The fourth-order valence-electron chi connectivity index (χ4n) is 2.09. The van der Waals surface area contributed by atoms with E-state index in [-0.39, 0.29) is 0 Å². The van der Waals surface area contributed by atoms with Crippen molar-refractivity contribution < 1.29 is 0 Å². The van der Waals surface area contributed by atoms with Crippen molar-refractivity contribution in [3.05, 3.63) is 10.6 Å². The highest BCUT2D eigenvalue weighted by Crippen LogP contribution is 2.30. The van der Waals surface area contributed by atoms with E-state index in [9.17, 15) is 0 Å². The highest BCUT2D eigenvalue weighted by molar-refractivity contribution is 7.15. The lowest BCUT2D eigenvalue weighted by Crippen LogP contribution is -2.34. The van der Waals surface area contributed by atoms with Crippen LogP contribution in [0.2, 0.25) is 0 Å². The average Bonchev–Trinajstić information content (AvgIpc) is 2.75. The zero-order valence-corrected chi connectivity index (χ0v) is 14.8. The second-order valence-corrected chi connectivity index (χ2v) is 7.11. The topological polar surface area (TPSA) is 31.4 Å². The molecule has 1 N–H and O–H groups in total. The molecule has 116 valence electrons. The SMILES string of the molecule is CNC(C)c1sc(N(CCN(C)C)CC(C)C)nc1C. The Kier molecular flexibility index (Phi) is 6.92. The molecule has 0 radical (unpaired) electrons.